The topological polar surface area (TPSA) is 64.1 Å². The van der Waals surface area contributed by atoms with Crippen LogP contribution in [0.1, 0.15) is 23.6 Å². The molecular formula is C22H30F2IN3O3. The summed E-state index contributed by atoms with van der Waals surface area (Å²) in [6.45, 7) is 3.50. The molecule has 0 saturated carbocycles. The van der Waals surface area contributed by atoms with Gasteiger partial charge in [0.2, 0.25) is 0 Å². The van der Waals surface area contributed by atoms with E-state index in [9.17, 15) is 8.78 Å². The fourth-order valence-corrected chi connectivity index (χ4v) is 2.74. The maximum atomic E-state index is 12.6. The molecule has 172 valence electrons. The lowest BCUT2D eigenvalue weighted by atomic mass is 10.1. The van der Waals surface area contributed by atoms with Crippen LogP contribution in [0.25, 0.3) is 0 Å². The molecule has 0 bridgehead atoms. The van der Waals surface area contributed by atoms with E-state index in [1.807, 2.05) is 32.0 Å². The highest BCUT2D eigenvalue weighted by Crippen LogP contribution is 2.21. The molecule has 2 N–H and O–H groups in total. The summed E-state index contributed by atoms with van der Waals surface area (Å²) in [5.74, 6) is 1.45. The summed E-state index contributed by atoms with van der Waals surface area (Å²) in [7, 11) is 1.64. The minimum absolute atomic E-state index is 0. The Morgan fingerprint density at radius 1 is 1.00 bits per heavy atom. The van der Waals surface area contributed by atoms with E-state index in [2.05, 4.69) is 20.4 Å². The molecular weight excluding hydrogens is 519 g/mol. The van der Waals surface area contributed by atoms with Gasteiger partial charge in [0, 0.05) is 37.9 Å². The Kier molecular flexibility index (Phi) is 12.8. The Labute approximate surface area is 199 Å². The van der Waals surface area contributed by atoms with Crippen LogP contribution in [-0.2, 0) is 17.8 Å². The Balaban J connectivity index is 0.00000480. The van der Waals surface area contributed by atoms with Gasteiger partial charge < -0.3 is 24.8 Å². The van der Waals surface area contributed by atoms with E-state index in [1.54, 1.807) is 25.2 Å². The zero-order valence-electron chi connectivity index (χ0n) is 18.0. The Hall–Kier alpha value is -2.14. The number of rotatable bonds is 11. The highest BCUT2D eigenvalue weighted by molar-refractivity contribution is 14.0. The molecule has 0 spiro atoms. The van der Waals surface area contributed by atoms with Crippen LogP contribution in [-0.4, -0.2) is 39.4 Å². The maximum absolute atomic E-state index is 12.6. The number of nitrogens with zero attached hydrogens (tertiary/aromatic N) is 1. The molecule has 0 fully saturated rings. The first-order valence-electron chi connectivity index (χ1n) is 9.80. The number of halogens is 3. The first-order valence-corrected chi connectivity index (χ1v) is 9.80. The standard InChI is InChI=1S/C22H29F2N3O3.HI/c1-4-28-11-12-29-20-13-16(2)9-10-18(20)15-27-22(25-3)26-14-17-7-5-6-8-19(17)30-21(23)24;/h5-10,13,21H,4,11-12,14-15H2,1-3H3,(H2,25,26,27);1H. The molecule has 0 aliphatic heterocycles. The minimum atomic E-state index is -2.87. The average Bonchev–Trinajstić information content (AvgIpc) is 2.73. The second-order valence-corrected chi connectivity index (χ2v) is 6.42. The van der Waals surface area contributed by atoms with Gasteiger partial charge in [-0.25, -0.2) is 0 Å². The molecule has 0 amide bonds. The summed E-state index contributed by atoms with van der Waals surface area (Å²) in [6.07, 6.45) is 0. The van der Waals surface area contributed by atoms with Crippen LogP contribution in [0.15, 0.2) is 47.5 Å². The predicted molar refractivity (Wildman–Crippen MR) is 129 cm³/mol. The molecule has 0 aromatic heterocycles. The molecule has 0 aliphatic rings. The van der Waals surface area contributed by atoms with Crippen molar-refractivity contribution in [3.63, 3.8) is 0 Å². The van der Waals surface area contributed by atoms with E-state index >= 15 is 0 Å². The van der Waals surface area contributed by atoms with Gasteiger partial charge in [0.25, 0.3) is 0 Å². The van der Waals surface area contributed by atoms with E-state index in [-0.39, 0.29) is 36.3 Å². The van der Waals surface area contributed by atoms with Gasteiger partial charge >= 0.3 is 6.61 Å². The number of guanidine groups is 1. The first-order chi connectivity index (χ1) is 14.5. The smallest absolute Gasteiger partial charge is 0.387 e. The SMILES string of the molecule is CCOCCOc1cc(C)ccc1CNC(=NC)NCc1ccccc1OC(F)F.I. The molecule has 6 nitrogen and oxygen atoms in total. The Morgan fingerprint density at radius 2 is 1.68 bits per heavy atom. The normalized spacial score (nSPS) is 11.1. The zero-order valence-corrected chi connectivity index (χ0v) is 20.3. The molecule has 31 heavy (non-hydrogen) atoms. The van der Waals surface area contributed by atoms with Crippen LogP contribution in [0.2, 0.25) is 0 Å². The quantitative estimate of drug-likeness (QED) is 0.187. The largest absolute Gasteiger partial charge is 0.491 e. The van der Waals surface area contributed by atoms with Gasteiger partial charge in [-0.15, -0.1) is 24.0 Å². The number of para-hydroxylation sites is 1. The van der Waals surface area contributed by atoms with Crippen LogP contribution in [0.5, 0.6) is 11.5 Å². The van der Waals surface area contributed by atoms with E-state index in [1.165, 1.54) is 6.07 Å². The fourth-order valence-electron chi connectivity index (χ4n) is 2.74. The molecule has 0 radical (unpaired) electrons. The number of alkyl halides is 2. The van der Waals surface area contributed by atoms with Crippen molar-refractivity contribution in [2.75, 3.05) is 26.9 Å². The lowest BCUT2D eigenvalue weighted by Crippen LogP contribution is -2.36. The van der Waals surface area contributed by atoms with Crippen LogP contribution < -0.4 is 20.1 Å². The number of hydrogen-bond donors (Lipinski definition) is 2. The van der Waals surface area contributed by atoms with Gasteiger partial charge in [0.15, 0.2) is 5.96 Å². The lowest BCUT2D eigenvalue weighted by Gasteiger charge is -2.16. The molecule has 0 unspecified atom stereocenters. The van der Waals surface area contributed by atoms with E-state index in [4.69, 9.17) is 9.47 Å². The van der Waals surface area contributed by atoms with Crippen molar-refractivity contribution in [2.24, 2.45) is 4.99 Å². The monoisotopic (exact) mass is 549 g/mol. The van der Waals surface area contributed by atoms with Crippen LogP contribution in [0.4, 0.5) is 8.78 Å². The van der Waals surface area contributed by atoms with Crippen LogP contribution in [0.3, 0.4) is 0 Å². The second-order valence-electron chi connectivity index (χ2n) is 6.42. The van der Waals surface area contributed by atoms with Gasteiger partial charge in [-0.1, -0.05) is 30.3 Å². The second kappa shape index (κ2) is 14.8. The van der Waals surface area contributed by atoms with Gasteiger partial charge in [-0.05, 0) is 31.5 Å². The maximum Gasteiger partial charge on any atom is 0.387 e. The number of nitrogens with one attached hydrogen (secondary N) is 2. The molecule has 0 atom stereocenters. The molecule has 2 aromatic carbocycles. The van der Waals surface area contributed by atoms with Gasteiger partial charge in [-0.3, -0.25) is 4.99 Å². The van der Waals surface area contributed by atoms with Crippen molar-refractivity contribution in [2.45, 2.75) is 33.5 Å². The number of hydrogen-bond acceptors (Lipinski definition) is 4. The van der Waals surface area contributed by atoms with E-state index in [0.717, 1.165) is 16.9 Å². The molecule has 0 saturated heterocycles. The fraction of sp³-hybridized carbons (Fsp3) is 0.409. The summed E-state index contributed by atoms with van der Waals surface area (Å²) in [5.41, 5.74) is 2.68. The van der Waals surface area contributed by atoms with Gasteiger partial charge in [-0.2, -0.15) is 8.78 Å². The van der Waals surface area contributed by atoms with Crippen LogP contribution >= 0.6 is 24.0 Å². The molecule has 2 aromatic rings. The van der Waals surface area contributed by atoms with Crippen molar-refractivity contribution in [3.05, 3.63) is 59.2 Å². The van der Waals surface area contributed by atoms with E-state index < -0.39 is 6.61 Å². The number of aliphatic imine (C=N–C) groups is 1. The molecule has 2 rings (SSSR count). The summed E-state index contributed by atoms with van der Waals surface area (Å²) < 4.78 is 40.9. The number of ether oxygens (including phenoxy) is 3. The Bertz CT molecular complexity index is 822. The minimum Gasteiger partial charge on any atom is -0.491 e. The number of aryl methyl sites for hydroxylation is 1. The molecule has 9 heteroatoms. The molecule has 0 heterocycles. The summed E-state index contributed by atoms with van der Waals surface area (Å²) in [5, 5.41) is 6.33. The van der Waals surface area contributed by atoms with Gasteiger partial charge in [0.1, 0.15) is 18.1 Å². The van der Waals surface area contributed by atoms with Crippen molar-refractivity contribution < 1.29 is 23.0 Å². The van der Waals surface area contributed by atoms with Crippen molar-refractivity contribution in [3.8, 4) is 11.5 Å². The zero-order chi connectivity index (χ0) is 21.8. The highest BCUT2D eigenvalue weighted by atomic mass is 127. The highest BCUT2D eigenvalue weighted by Gasteiger charge is 2.10. The Morgan fingerprint density at radius 3 is 2.32 bits per heavy atom. The first kappa shape index (κ1) is 26.9. The van der Waals surface area contributed by atoms with E-state index in [0.29, 0.717) is 37.9 Å². The van der Waals surface area contributed by atoms with Crippen molar-refractivity contribution in [1.82, 2.24) is 10.6 Å². The lowest BCUT2D eigenvalue weighted by molar-refractivity contribution is -0.0504. The third kappa shape index (κ3) is 9.69. The van der Waals surface area contributed by atoms with Crippen molar-refractivity contribution >= 4 is 29.9 Å². The summed E-state index contributed by atoms with van der Waals surface area (Å²) >= 11 is 0. The predicted octanol–water partition coefficient (Wildman–Crippen LogP) is 4.49. The number of benzene rings is 2. The average molecular weight is 549 g/mol. The third-order valence-corrected chi connectivity index (χ3v) is 4.22. The molecule has 0 aliphatic carbocycles. The summed E-state index contributed by atoms with van der Waals surface area (Å²) in [6, 6.07) is 12.7. The summed E-state index contributed by atoms with van der Waals surface area (Å²) in [4.78, 5) is 4.19. The third-order valence-electron chi connectivity index (χ3n) is 4.22. The van der Waals surface area contributed by atoms with Crippen LogP contribution in [0, 0.1) is 6.92 Å². The van der Waals surface area contributed by atoms with Crippen molar-refractivity contribution in [1.29, 1.82) is 0 Å². The van der Waals surface area contributed by atoms with Gasteiger partial charge in [0.05, 0.1) is 6.61 Å².